The van der Waals surface area contributed by atoms with Crippen molar-refractivity contribution in [2.24, 2.45) is 0 Å². The van der Waals surface area contributed by atoms with Crippen molar-refractivity contribution in [3.63, 3.8) is 0 Å². The summed E-state index contributed by atoms with van der Waals surface area (Å²) in [6.45, 7) is 2.49. The van der Waals surface area contributed by atoms with Crippen LogP contribution in [0.4, 0.5) is 5.95 Å². The van der Waals surface area contributed by atoms with Gasteiger partial charge in [-0.15, -0.1) is 0 Å². The number of hydrogen-bond donors (Lipinski definition) is 1. The average Bonchev–Trinajstić information content (AvgIpc) is 2.60. The molecule has 0 unspecified atom stereocenters. The van der Waals surface area contributed by atoms with Gasteiger partial charge in [-0.3, -0.25) is 4.98 Å². The van der Waals surface area contributed by atoms with E-state index in [1.165, 1.54) is 12.3 Å². The fourth-order valence-corrected chi connectivity index (χ4v) is 2.87. The minimum Gasteiger partial charge on any atom is -0.350 e. The predicted molar refractivity (Wildman–Crippen MR) is 96.9 cm³/mol. The third kappa shape index (κ3) is 4.39. The van der Waals surface area contributed by atoms with Gasteiger partial charge in [0.2, 0.25) is 5.95 Å². The second kappa shape index (κ2) is 6.98. The zero-order valence-electron chi connectivity index (χ0n) is 14.0. The predicted octanol–water partition coefficient (Wildman–Crippen LogP) is 2.86. The summed E-state index contributed by atoms with van der Waals surface area (Å²) >= 11 is 0. The van der Waals surface area contributed by atoms with Crippen LogP contribution in [-0.2, 0) is 16.4 Å². The van der Waals surface area contributed by atoms with Gasteiger partial charge in [-0.2, -0.15) is 0 Å². The number of benzene rings is 1. The number of nitrogens with one attached hydrogen (secondary N) is 1. The summed E-state index contributed by atoms with van der Waals surface area (Å²) in [7, 11) is -3.26. The standard InChI is InChI=1S/C18H18N4O2S/c1-13-10-17(16-9-8-15(12-19-16)25(2,23)24)22-18(21-13)20-11-14-6-4-3-5-7-14/h3-10,12H,11H2,1-2H3,(H,20,21,22). The van der Waals surface area contributed by atoms with Crippen LogP contribution in [-0.4, -0.2) is 29.6 Å². The monoisotopic (exact) mass is 354 g/mol. The molecule has 0 radical (unpaired) electrons. The molecule has 128 valence electrons. The highest BCUT2D eigenvalue weighted by Crippen LogP contribution is 2.19. The fraction of sp³-hybridized carbons (Fsp3) is 0.167. The molecule has 1 aromatic carbocycles. The minimum absolute atomic E-state index is 0.185. The van der Waals surface area contributed by atoms with Crippen LogP contribution in [0.2, 0.25) is 0 Å². The summed E-state index contributed by atoms with van der Waals surface area (Å²) in [5.41, 5.74) is 3.17. The molecule has 0 saturated carbocycles. The van der Waals surface area contributed by atoms with E-state index in [0.717, 1.165) is 17.5 Å². The number of nitrogens with zero attached hydrogens (tertiary/aromatic N) is 3. The molecule has 0 atom stereocenters. The number of anilines is 1. The third-order valence-corrected chi connectivity index (χ3v) is 4.67. The van der Waals surface area contributed by atoms with Gasteiger partial charge in [0.25, 0.3) is 0 Å². The second-order valence-corrected chi connectivity index (χ2v) is 7.72. The summed E-state index contributed by atoms with van der Waals surface area (Å²) in [6, 6.07) is 15.0. The fourth-order valence-electron chi connectivity index (χ4n) is 2.31. The van der Waals surface area contributed by atoms with Crippen LogP contribution in [0.3, 0.4) is 0 Å². The average molecular weight is 354 g/mol. The van der Waals surface area contributed by atoms with E-state index in [-0.39, 0.29) is 4.90 Å². The SMILES string of the molecule is Cc1cc(-c2ccc(S(C)(=O)=O)cn2)nc(NCc2ccccc2)n1. The molecule has 25 heavy (non-hydrogen) atoms. The van der Waals surface area contributed by atoms with Crippen molar-refractivity contribution < 1.29 is 8.42 Å². The molecular formula is C18H18N4O2S. The zero-order valence-corrected chi connectivity index (χ0v) is 14.8. The molecule has 0 bridgehead atoms. The summed E-state index contributed by atoms with van der Waals surface area (Å²) in [5.74, 6) is 0.507. The van der Waals surface area contributed by atoms with Crippen LogP contribution in [0.5, 0.6) is 0 Å². The van der Waals surface area contributed by atoms with Gasteiger partial charge in [0.05, 0.1) is 16.3 Å². The van der Waals surface area contributed by atoms with E-state index < -0.39 is 9.84 Å². The van der Waals surface area contributed by atoms with Gasteiger partial charge in [-0.25, -0.2) is 18.4 Å². The van der Waals surface area contributed by atoms with Crippen molar-refractivity contribution >= 4 is 15.8 Å². The Hall–Kier alpha value is -2.80. The molecule has 3 aromatic rings. The lowest BCUT2D eigenvalue weighted by atomic mass is 10.2. The zero-order chi connectivity index (χ0) is 17.9. The Kier molecular flexibility index (Phi) is 4.76. The molecule has 7 heteroatoms. The summed E-state index contributed by atoms with van der Waals surface area (Å²) in [6.07, 6.45) is 2.50. The van der Waals surface area contributed by atoms with Crippen LogP contribution in [0.1, 0.15) is 11.3 Å². The van der Waals surface area contributed by atoms with E-state index in [0.29, 0.717) is 23.9 Å². The van der Waals surface area contributed by atoms with Crippen molar-refractivity contribution in [2.45, 2.75) is 18.4 Å². The molecule has 0 aliphatic heterocycles. The van der Waals surface area contributed by atoms with Crippen molar-refractivity contribution in [3.8, 4) is 11.4 Å². The van der Waals surface area contributed by atoms with Crippen molar-refractivity contribution in [1.29, 1.82) is 0 Å². The summed E-state index contributed by atoms with van der Waals surface area (Å²) in [5, 5.41) is 3.20. The first-order valence-electron chi connectivity index (χ1n) is 7.72. The highest BCUT2D eigenvalue weighted by atomic mass is 32.2. The molecule has 2 heterocycles. The molecule has 1 N–H and O–H groups in total. The van der Waals surface area contributed by atoms with E-state index in [1.54, 1.807) is 6.07 Å². The van der Waals surface area contributed by atoms with Gasteiger partial charge in [0.1, 0.15) is 0 Å². The van der Waals surface area contributed by atoms with Gasteiger partial charge in [0, 0.05) is 24.7 Å². The topological polar surface area (TPSA) is 84.8 Å². The van der Waals surface area contributed by atoms with Crippen LogP contribution >= 0.6 is 0 Å². The molecule has 3 rings (SSSR count). The quantitative estimate of drug-likeness (QED) is 0.758. The van der Waals surface area contributed by atoms with Gasteiger partial charge < -0.3 is 5.32 Å². The highest BCUT2D eigenvalue weighted by Gasteiger charge is 2.10. The molecule has 0 aliphatic carbocycles. The van der Waals surface area contributed by atoms with E-state index >= 15 is 0 Å². The molecule has 0 fully saturated rings. The van der Waals surface area contributed by atoms with E-state index in [1.807, 2.05) is 43.3 Å². The van der Waals surface area contributed by atoms with Crippen LogP contribution < -0.4 is 5.32 Å². The number of rotatable bonds is 5. The molecular weight excluding hydrogens is 336 g/mol. The number of pyridine rings is 1. The lowest BCUT2D eigenvalue weighted by molar-refractivity contribution is 0.601. The first-order chi connectivity index (χ1) is 11.9. The molecule has 0 amide bonds. The Labute approximate surface area is 146 Å². The Morgan fingerprint density at radius 2 is 1.76 bits per heavy atom. The van der Waals surface area contributed by atoms with Gasteiger partial charge >= 0.3 is 0 Å². The molecule has 0 saturated heterocycles. The minimum atomic E-state index is -3.26. The number of hydrogen-bond acceptors (Lipinski definition) is 6. The van der Waals surface area contributed by atoms with Gasteiger partial charge in [-0.1, -0.05) is 30.3 Å². The van der Waals surface area contributed by atoms with E-state index in [9.17, 15) is 8.42 Å². The largest absolute Gasteiger partial charge is 0.350 e. The van der Waals surface area contributed by atoms with Crippen LogP contribution in [0.25, 0.3) is 11.4 Å². The molecule has 6 nitrogen and oxygen atoms in total. The van der Waals surface area contributed by atoms with Crippen molar-refractivity contribution in [3.05, 3.63) is 66.0 Å². The summed E-state index contributed by atoms with van der Waals surface area (Å²) < 4.78 is 23.1. The smallest absolute Gasteiger partial charge is 0.223 e. The van der Waals surface area contributed by atoms with Gasteiger partial charge in [0.15, 0.2) is 9.84 Å². The van der Waals surface area contributed by atoms with E-state index in [4.69, 9.17) is 0 Å². The van der Waals surface area contributed by atoms with Crippen molar-refractivity contribution in [2.75, 3.05) is 11.6 Å². The first kappa shape index (κ1) is 17.0. The first-order valence-corrected chi connectivity index (χ1v) is 9.61. The normalized spacial score (nSPS) is 11.3. The maximum atomic E-state index is 11.5. The van der Waals surface area contributed by atoms with Crippen LogP contribution in [0.15, 0.2) is 59.6 Å². The number of aromatic nitrogens is 3. The third-order valence-electron chi connectivity index (χ3n) is 3.57. The Morgan fingerprint density at radius 1 is 1.00 bits per heavy atom. The Balaban J connectivity index is 1.84. The molecule has 0 spiro atoms. The van der Waals surface area contributed by atoms with E-state index in [2.05, 4.69) is 20.3 Å². The number of sulfone groups is 1. The Morgan fingerprint density at radius 3 is 2.40 bits per heavy atom. The van der Waals surface area contributed by atoms with Crippen molar-refractivity contribution in [1.82, 2.24) is 15.0 Å². The van der Waals surface area contributed by atoms with Crippen LogP contribution in [0, 0.1) is 6.92 Å². The number of aryl methyl sites for hydroxylation is 1. The second-order valence-electron chi connectivity index (χ2n) is 5.71. The lowest BCUT2D eigenvalue weighted by Crippen LogP contribution is -2.05. The Bertz CT molecular complexity index is 972. The molecule has 2 aromatic heterocycles. The summed E-state index contributed by atoms with van der Waals surface area (Å²) in [4.78, 5) is 13.3. The molecule has 0 aliphatic rings. The maximum Gasteiger partial charge on any atom is 0.223 e. The lowest BCUT2D eigenvalue weighted by Gasteiger charge is -2.08. The highest BCUT2D eigenvalue weighted by molar-refractivity contribution is 7.90. The maximum absolute atomic E-state index is 11.5. The van der Waals surface area contributed by atoms with Gasteiger partial charge in [-0.05, 0) is 30.7 Å².